The van der Waals surface area contributed by atoms with Crippen LogP contribution in [-0.2, 0) is 22.7 Å². The maximum atomic E-state index is 13.1. The van der Waals surface area contributed by atoms with Crippen LogP contribution in [-0.4, -0.2) is 130 Å². The predicted molar refractivity (Wildman–Crippen MR) is 210 cm³/mol. The Morgan fingerprint density at radius 3 is 2.44 bits per heavy atom. The molecule has 2 atom stereocenters. The minimum Gasteiger partial charge on any atom is -0.507 e. The summed E-state index contributed by atoms with van der Waals surface area (Å²) in [4.78, 5) is 49.2. The van der Waals surface area contributed by atoms with Crippen molar-refractivity contribution in [2.24, 2.45) is 5.92 Å². The molecule has 1 aromatic heterocycles. The number of fused-ring (bicyclic) bond motifs is 4. The van der Waals surface area contributed by atoms with Crippen molar-refractivity contribution < 1.29 is 19.5 Å². The fourth-order valence-corrected chi connectivity index (χ4v) is 10.00. The van der Waals surface area contributed by atoms with Crippen molar-refractivity contribution in [3.05, 3.63) is 65.2 Å². The molecule has 9 rings (SSSR count). The van der Waals surface area contributed by atoms with Crippen LogP contribution >= 0.6 is 0 Å². The summed E-state index contributed by atoms with van der Waals surface area (Å²) in [6.07, 6.45) is 8.20. The second-order valence-electron chi connectivity index (χ2n) is 16.5. The van der Waals surface area contributed by atoms with Crippen LogP contribution in [0.2, 0.25) is 0 Å². The number of anilines is 2. The van der Waals surface area contributed by atoms with Crippen LogP contribution in [0.4, 0.5) is 11.5 Å². The van der Waals surface area contributed by atoms with E-state index in [-0.39, 0.29) is 29.9 Å². The number of hydrogen-bond acceptors (Lipinski definition) is 11. The number of aromatic hydroxyl groups is 1. The van der Waals surface area contributed by atoms with E-state index < -0.39 is 6.04 Å². The number of hydrogen-bond donors (Lipinski definition) is 3. The Morgan fingerprint density at radius 2 is 1.62 bits per heavy atom. The van der Waals surface area contributed by atoms with Gasteiger partial charge in [-0.3, -0.25) is 29.5 Å². The van der Waals surface area contributed by atoms with Crippen molar-refractivity contribution in [1.29, 1.82) is 0 Å². The summed E-state index contributed by atoms with van der Waals surface area (Å²) < 4.78 is 0. The highest BCUT2D eigenvalue weighted by Gasteiger charge is 2.40. The number of para-hydroxylation sites is 1. The van der Waals surface area contributed by atoms with Gasteiger partial charge in [-0.2, -0.15) is 0 Å². The molecule has 4 fully saturated rings. The zero-order valence-corrected chi connectivity index (χ0v) is 31.7. The molecule has 0 radical (unpaired) electrons. The van der Waals surface area contributed by atoms with Gasteiger partial charge in [0.05, 0.1) is 17.4 Å². The number of carbonyl (C=O) groups excluding carboxylic acids is 3. The van der Waals surface area contributed by atoms with Gasteiger partial charge in [0.2, 0.25) is 11.8 Å². The molecule has 13 heteroatoms. The van der Waals surface area contributed by atoms with Gasteiger partial charge in [0.15, 0.2) is 5.82 Å². The van der Waals surface area contributed by atoms with Crippen molar-refractivity contribution in [3.63, 3.8) is 0 Å². The molecule has 7 heterocycles. The third kappa shape index (κ3) is 7.53. The van der Waals surface area contributed by atoms with Crippen LogP contribution in [0.25, 0.3) is 11.3 Å². The third-order valence-electron chi connectivity index (χ3n) is 13.1. The second kappa shape index (κ2) is 15.5. The van der Waals surface area contributed by atoms with E-state index in [1.807, 2.05) is 24.3 Å². The van der Waals surface area contributed by atoms with E-state index in [0.717, 1.165) is 68.8 Å². The number of imide groups is 1. The zero-order valence-electron chi connectivity index (χ0n) is 31.7. The van der Waals surface area contributed by atoms with Crippen molar-refractivity contribution >= 4 is 29.2 Å². The number of rotatable bonds is 9. The van der Waals surface area contributed by atoms with E-state index in [1.54, 1.807) is 11.0 Å². The fourth-order valence-electron chi connectivity index (χ4n) is 10.00. The molecule has 1 unspecified atom stereocenters. The first-order chi connectivity index (χ1) is 26.9. The molecule has 290 valence electrons. The van der Waals surface area contributed by atoms with Crippen molar-refractivity contribution in [2.75, 3.05) is 69.1 Å². The molecule has 3 N–H and O–H groups in total. The van der Waals surface area contributed by atoms with Crippen LogP contribution in [0, 0.1) is 5.92 Å². The summed E-state index contributed by atoms with van der Waals surface area (Å²) in [5, 5.41) is 25.2. The van der Waals surface area contributed by atoms with Crippen LogP contribution in [0.5, 0.6) is 5.75 Å². The Morgan fingerprint density at radius 1 is 0.800 bits per heavy atom. The van der Waals surface area contributed by atoms with E-state index >= 15 is 0 Å². The van der Waals surface area contributed by atoms with E-state index in [9.17, 15) is 19.5 Å². The highest BCUT2D eigenvalue weighted by Crippen LogP contribution is 2.37. The first kappa shape index (κ1) is 36.1. The topological polar surface area (TPSA) is 137 Å². The van der Waals surface area contributed by atoms with Gasteiger partial charge in [-0.15, -0.1) is 10.2 Å². The average Bonchev–Trinajstić information content (AvgIpc) is 3.53. The predicted octanol–water partition coefficient (Wildman–Crippen LogP) is 3.68. The molecule has 2 aromatic carbocycles. The number of piperazine rings is 1. The molecule has 6 aliphatic rings. The lowest BCUT2D eigenvalue weighted by molar-refractivity contribution is -0.136. The Bertz CT molecular complexity index is 1920. The smallest absolute Gasteiger partial charge is 0.255 e. The number of aromatic nitrogens is 2. The Labute approximate surface area is 323 Å². The van der Waals surface area contributed by atoms with E-state index in [4.69, 9.17) is 0 Å². The maximum Gasteiger partial charge on any atom is 0.255 e. The molecule has 13 nitrogen and oxygen atoms in total. The summed E-state index contributed by atoms with van der Waals surface area (Å²) in [6.45, 7) is 11.1. The van der Waals surface area contributed by atoms with Crippen molar-refractivity contribution in [1.82, 2.24) is 35.1 Å². The molecule has 0 spiro atoms. The number of likely N-dealkylation sites (tertiary alicyclic amines) is 2. The molecule has 3 aromatic rings. The summed E-state index contributed by atoms with van der Waals surface area (Å²) in [7, 11) is 0. The van der Waals surface area contributed by atoms with Crippen LogP contribution in [0.15, 0.2) is 48.5 Å². The summed E-state index contributed by atoms with van der Waals surface area (Å²) in [5.41, 5.74) is 5.38. The number of phenolic OH excluding ortho intramolecular Hbond substituents is 1. The molecule has 0 bridgehead atoms. The van der Waals surface area contributed by atoms with Crippen LogP contribution in [0.3, 0.4) is 0 Å². The SMILES string of the molecule is O=C1CCC(N2Cc3cc(CN4CCC(CCCN5CCC(N6CCN7c8cc(-c9ccccc9O)nnc8NC[C@H]7C6)CC5)CC4)ccc3C2=O)C(=O)N1. The first-order valence-corrected chi connectivity index (χ1v) is 20.5. The lowest BCUT2D eigenvalue weighted by atomic mass is 9.91. The first-order valence-electron chi connectivity index (χ1n) is 20.5. The summed E-state index contributed by atoms with van der Waals surface area (Å²) in [5.74, 6) is 1.12. The van der Waals surface area contributed by atoms with Gasteiger partial charge < -0.3 is 25.1 Å². The second-order valence-corrected chi connectivity index (χ2v) is 16.5. The molecule has 3 amide bonds. The monoisotopic (exact) mass is 747 g/mol. The molecular formula is C42H53N9O4. The third-order valence-corrected chi connectivity index (χ3v) is 13.1. The van der Waals surface area contributed by atoms with E-state index in [1.165, 1.54) is 63.7 Å². The molecule has 6 aliphatic heterocycles. The number of carbonyl (C=O) groups is 3. The van der Waals surface area contributed by atoms with Crippen molar-refractivity contribution in [3.8, 4) is 17.0 Å². The Kier molecular flexibility index (Phi) is 10.2. The van der Waals surface area contributed by atoms with Crippen LogP contribution in [0.1, 0.15) is 72.9 Å². The number of amides is 3. The Hall–Kier alpha value is -4.59. The number of nitrogens with one attached hydrogen (secondary N) is 2. The summed E-state index contributed by atoms with van der Waals surface area (Å²) >= 11 is 0. The van der Waals surface area contributed by atoms with E-state index in [2.05, 4.69) is 58.6 Å². The van der Waals surface area contributed by atoms with Gasteiger partial charge in [0.1, 0.15) is 11.8 Å². The van der Waals surface area contributed by atoms with Gasteiger partial charge in [-0.25, -0.2) is 0 Å². The highest BCUT2D eigenvalue weighted by molar-refractivity contribution is 6.05. The standard InChI is InChI=1S/C42H53N9O4/c52-38-6-2-1-5-34(38)35-23-37-40(46-45-35)43-24-32-27-49(20-21-50(32)37)31-13-18-47(19-14-31)15-3-4-28-11-16-48(17-12-28)25-29-7-8-33-30(22-29)26-51(42(33)55)36-9-10-39(53)44-41(36)54/h1-2,5-8,22-23,28,31-32,36,52H,3-4,9-21,24-27H2,(H,43,46)(H,44,53,54)/t32-,36?/m0/s1. The minimum atomic E-state index is -0.571. The Balaban J connectivity index is 0.685. The molecule has 55 heavy (non-hydrogen) atoms. The number of nitrogens with zero attached hydrogens (tertiary/aromatic N) is 7. The number of phenols is 1. The van der Waals surface area contributed by atoms with Gasteiger partial charge >= 0.3 is 0 Å². The van der Waals surface area contributed by atoms with Crippen molar-refractivity contribution in [2.45, 2.75) is 82.6 Å². The minimum absolute atomic E-state index is 0.109. The summed E-state index contributed by atoms with van der Waals surface area (Å²) in [6, 6.07) is 16.0. The van der Waals surface area contributed by atoms with Gasteiger partial charge in [0.25, 0.3) is 5.91 Å². The molecule has 4 saturated heterocycles. The zero-order chi connectivity index (χ0) is 37.5. The van der Waals surface area contributed by atoms with Gasteiger partial charge in [-0.05, 0) is 119 Å². The molecule has 0 saturated carbocycles. The number of piperidine rings is 3. The average molecular weight is 748 g/mol. The molecule has 0 aliphatic carbocycles. The lowest BCUT2D eigenvalue weighted by Gasteiger charge is -2.49. The maximum absolute atomic E-state index is 13.1. The van der Waals surface area contributed by atoms with Gasteiger partial charge in [0, 0.05) is 62.9 Å². The quantitative estimate of drug-likeness (QED) is 0.277. The lowest BCUT2D eigenvalue weighted by Crippen LogP contribution is -2.60. The van der Waals surface area contributed by atoms with Crippen LogP contribution < -0.4 is 15.5 Å². The highest BCUT2D eigenvalue weighted by atomic mass is 16.3. The largest absolute Gasteiger partial charge is 0.507 e. The fraction of sp³-hybridized carbons (Fsp3) is 0.548. The van der Waals surface area contributed by atoms with Gasteiger partial charge in [-0.1, -0.05) is 24.3 Å². The van der Waals surface area contributed by atoms with E-state index in [0.29, 0.717) is 41.9 Å². The normalized spacial score (nSPS) is 24.3. The number of benzene rings is 2. The molecular weight excluding hydrogens is 695 g/mol.